The number of nitrogens with zero attached hydrogens (tertiary/aromatic N) is 2. The lowest BCUT2D eigenvalue weighted by Gasteiger charge is -2.09. The van der Waals surface area contributed by atoms with Crippen LogP contribution in [0.15, 0.2) is 24.4 Å². The zero-order chi connectivity index (χ0) is 14.8. The fourth-order valence-electron chi connectivity index (χ4n) is 2.82. The molecule has 1 aliphatic rings. The molecule has 0 spiro atoms. The van der Waals surface area contributed by atoms with Crippen LogP contribution in [0.3, 0.4) is 0 Å². The fraction of sp³-hybridized carbons (Fsp3) is 0.412. The van der Waals surface area contributed by atoms with Crippen molar-refractivity contribution in [1.29, 1.82) is 0 Å². The molecule has 1 aromatic carbocycles. The molecule has 1 amide bonds. The average molecular weight is 283 g/mol. The van der Waals surface area contributed by atoms with Crippen molar-refractivity contribution >= 4 is 11.6 Å². The fourth-order valence-corrected chi connectivity index (χ4v) is 2.82. The Morgan fingerprint density at radius 1 is 1.29 bits per heavy atom. The molecule has 0 saturated heterocycles. The second kappa shape index (κ2) is 5.72. The summed E-state index contributed by atoms with van der Waals surface area (Å²) in [6.45, 7) is 4.30. The molecule has 21 heavy (non-hydrogen) atoms. The number of amides is 1. The van der Waals surface area contributed by atoms with Gasteiger partial charge in [-0.2, -0.15) is 5.10 Å². The summed E-state index contributed by atoms with van der Waals surface area (Å²) in [5.41, 5.74) is 5.58. The molecule has 0 atom stereocenters. The third-order valence-electron chi connectivity index (χ3n) is 4.01. The van der Waals surface area contributed by atoms with Gasteiger partial charge in [0.05, 0.1) is 5.69 Å². The van der Waals surface area contributed by atoms with E-state index in [0.717, 1.165) is 29.7 Å². The smallest absolute Gasteiger partial charge is 0.246 e. The van der Waals surface area contributed by atoms with Gasteiger partial charge >= 0.3 is 0 Å². The molecule has 4 nitrogen and oxygen atoms in total. The van der Waals surface area contributed by atoms with Crippen LogP contribution in [-0.2, 0) is 24.2 Å². The van der Waals surface area contributed by atoms with E-state index in [4.69, 9.17) is 0 Å². The number of aryl methyl sites for hydroxylation is 4. The van der Waals surface area contributed by atoms with Gasteiger partial charge < -0.3 is 5.32 Å². The summed E-state index contributed by atoms with van der Waals surface area (Å²) in [5, 5.41) is 7.51. The van der Waals surface area contributed by atoms with Gasteiger partial charge in [0.1, 0.15) is 6.54 Å². The number of hydrogen-bond donors (Lipinski definition) is 1. The van der Waals surface area contributed by atoms with Crippen molar-refractivity contribution in [3.63, 3.8) is 0 Å². The van der Waals surface area contributed by atoms with Crippen molar-refractivity contribution in [2.45, 2.75) is 46.1 Å². The molecule has 0 radical (unpaired) electrons. The van der Waals surface area contributed by atoms with E-state index >= 15 is 0 Å². The highest BCUT2D eigenvalue weighted by molar-refractivity contribution is 5.91. The number of carbonyl (C=O) groups excluding carboxylic acids is 1. The Bertz CT molecular complexity index is 649. The molecular formula is C17H21N3O. The van der Waals surface area contributed by atoms with E-state index in [-0.39, 0.29) is 12.5 Å². The molecule has 1 aliphatic carbocycles. The summed E-state index contributed by atoms with van der Waals surface area (Å²) in [7, 11) is 0. The highest BCUT2D eigenvalue weighted by Gasteiger charge is 2.15. The van der Waals surface area contributed by atoms with Gasteiger partial charge in [-0.25, -0.2) is 0 Å². The highest BCUT2D eigenvalue weighted by Crippen LogP contribution is 2.20. The van der Waals surface area contributed by atoms with Gasteiger partial charge in [-0.1, -0.05) is 12.1 Å². The molecule has 1 aromatic heterocycles. The first-order valence-corrected chi connectivity index (χ1v) is 7.54. The second-order valence-corrected chi connectivity index (χ2v) is 5.87. The Labute approximate surface area is 125 Å². The quantitative estimate of drug-likeness (QED) is 0.941. The van der Waals surface area contributed by atoms with E-state index in [9.17, 15) is 4.79 Å². The largest absolute Gasteiger partial charge is 0.324 e. The van der Waals surface area contributed by atoms with Crippen LogP contribution in [0.1, 0.15) is 35.2 Å². The van der Waals surface area contributed by atoms with Crippen molar-refractivity contribution in [2.24, 2.45) is 0 Å². The number of fused-ring (bicyclic) bond motifs is 1. The lowest BCUT2D eigenvalue weighted by molar-refractivity contribution is -0.116. The van der Waals surface area contributed by atoms with Gasteiger partial charge in [-0.05, 0) is 62.3 Å². The molecule has 0 fully saturated rings. The van der Waals surface area contributed by atoms with Gasteiger partial charge in [0, 0.05) is 11.9 Å². The highest BCUT2D eigenvalue weighted by atomic mass is 16.2. The lowest BCUT2D eigenvalue weighted by atomic mass is 9.99. The Kier molecular flexibility index (Phi) is 3.78. The second-order valence-electron chi connectivity index (χ2n) is 5.87. The van der Waals surface area contributed by atoms with Gasteiger partial charge in [-0.3, -0.25) is 9.48 Å². The summed E-state index contributed by atoms with van der Waals surface area (Å²) >= 11 is 0. The molecule has 4 heteroatoms. The maximum atomic E-state index is 12.2. The molecule has 3 rings (SSSR count). The number of hydrogen-bond acceptors (Lipinski definition) is 2. The molecule has 0 bridgehead atoms. The first-order valence-electron chi connectivity index (χ1n) is 7.54. The molecule has 0 aliphatic heterocycles. The number of aromatic nitrogens is 2. The van der Waals surface area contributed by atoms with Crippen LogP contribution >= 0.6 is 0 Å². The minimum Gasteiger partial charge on any atom is -0.324 e. The zero-order valence-electron chi connectivity index (χ0n) is 12.6. The summed E-state index contributed by atoms with van der Waals surface area (Å²) in [6.07, 6.45) is 6.60. The summed E-state index contributed by atoms with van der Waals surface area (Å²) < 4.78 is 1.77. The number of rotatable bonds is 3. The van der Waals surface area contributed by atoms with E-state index in [1.807, 2.05) is 38.2 Å². The Morgan fingerprint density at radius 2 is 2.10 bits per heavy atom. The van der Waals surface area contributed by atoms with E-state index in [0.29, 0.717) is 0 Å². The first kappa shape index (κ1) is 13.9. The van der Waals surface area contributed by atoms with E-state index in [2.05, 4.69) is 10.4 Å². The van der Waals surface area contributed by atoms with Crippen LogP contribution in [0.25, 0.3) is 0 Å². The lowest BCUT2D eigenvalue weighted by Crippen LogP contribution is -2.19. The van der Waals surface area contributed by atoms with E-state index < -0.39 is 0 Å². The minimum atomic E-state index is -0.0245. The van der Waals surface area contributed by atoms with Crippen molar-refractivity contribution in [1.82, 2.24) is 9.78 Å². The molecule has 110 valence electrons. The molecule has 0 unspecified atom stereocenters. The third-order valence-corrected chi connectivity index (χ3v) is 4.01. The molecule has 1 N–H and O–H groups in total. The van der Waals surface area contributed by atoms with Crippen LogP contribution < -0.4 is 5.32 Å². The molecule has 1 heterocycles. The molecular weight excluding hydrogens is 262 g/mol. The Morgan fingerprint density at radius 3 is 2.90 bits per heavy atom. The monoisotopic (exact) mass is 283 g/mol. The van der Waals surface area contributed by atoms with Crippen molar-refractivity contribution in [3.05, 3.63) is 46.8 Å². The van der Waals surface area contributed by atoms with Crippen LogP contribution in [0.5, 0.6) is 0 Å². The number of nitrogens with one attached hydrogen (secondary N) is 1. The van der Waals surface area contributed by atoms with Gasteiger partial charge in [-0.15, -0.1) is 0 Å². The van der Waals surface area contributed by atoms with Crippen LogP contribution in [-0.4, -0.2) is 15.7 Å². The predicted molar refractivity (Wildman–Crippen MR) is 83.4 cm³/mol. The summed E-state index contributed by atoms with van der Waals surface area (Å²) in [4.78, 5) is 12.2. The number of benzene rings is 1. The molecule has 2 aromatic rings. The standard InChI is InChI=1S/C17H21N3O/c1-12-7-8-13(2)16(9-12)18-17(21)11-20-10-14-5-3-4-6-15(14)19-20/h7-10H,3-6,11H2,1-2H3,(H,18,21). The van der Waals surface area contributed by atoms with Crippen LogP contribution in [0, 0.1) is 13.8 Å². The maximum Gasteiger partial charge on any atom is 0.246 e. The van der Waals surface area contributed by atoms with Crippen LogP contribution in [0.4, 0.5) is 5.69 Å². The van der Waals surface area contributed by atoms with Crippen molar-refractivity contribution in [2.75, 3.05) is 5.32 Å². The molecule has 0 saturated carbocycles. The SMILES string of the molecule is Cc1ccc(C)c(NC(=O)Cn2cc3c(n2)CCCC3)c1. The van der Waals surface area contributed by atoms with Crippen LogP contribution in [0.2, 0.25) is 0 Å². The zero-order valence-corrected chi connectivity index (χ0v) is 12.6. The number of anilines is 1. The average Bonchev–Trinajstić information content (AvgIpc) is 2.84. The Balaban J connectivity index is 1.69. The van der Waals surface area contributed by atoms with Crippen molar-refractivity contribution in [3.8, 4) is 0 Å². The third kappa shape index (κ3) is 3.15. The van der Waals surface area contributed by atoms with Gasteiger partial charge in [0.15, 0.2) is 0 Å². The summed E-state index contributed by atoms with van der Waals surface area (Å²) in [6, 6.07) is 6.07. The maximum absolute atomic E-state index is 12.2. The van der Waals surface area contributed by atoms with E-state index in [1.54, 1.807) is 4.68 Å². The van der Waals surface area contributed by atoms with Gasteiger partial charge in [0.2, 0.25) is 5.91 Å². The number of carbonyl (C=O) groups is 1. The Hall–Kier alpha value is -2.10. The first-order chi connectivity index (χ1) is 10.1. The topological polar surface area (TPSA) is 46.9 Å². The normalized spacial score (nSPS) is 13.8. The van der Waals surface area contributed by atoms with Crippen molar-refractivity contribution < 1.29 is 4.79 Å². The van der Waals surface area contributed by atoms with Gasteiger partial charge in [0.25, 0.3) is 0 Å². The summed E-state index contributed by atoms with van der Waals surface area (Å²) in [5.74, 6) is -0.0245. The van der Waals surface area contributed by atoms with E-state index in [1.165, 1.54) is 24.1 Å². The predicted octanol–water partition coefficient (Wildman–Crippen LogP) is 3.02. The minimum absolute atomic E-state index is 0.0245.